The van der Waals surface area contributed by atoms with Crippen LogP contribution in [0.2, 0.25) is 10.0 Å². The number of aromatic hydroxyl groups is 1. The maximum atomic E-state index is 10.2. The first-order chi connectivity index (χ1) is 10.6. The molecule has 1 aromatic carbocycles. The molecule has 1 aromatic heterocycles. The lowest BCUT2D eigenvalue weighted by atomic mass is 9.96. The monoisotopic (exact) mass is 339 g/mol. The number of hydrogen-bond donors (Lipinski definition) is 1. The topological polar surface area (TPSA) is 60.2 Å². The van der Waals surface area contributed by atoms with E-state index in [0.717, 1.165) is 24.7 Å². The van der Waals surface area contributed by atoms with Crippen LogP contribution in [0.15, 0.2) is 12.1 Å². The van der Waals surface area contributed by atoms with Gasteiger partial charge in [0, 0.05) is 37.0 Å². The van der Waals surface area contributed by atoms with Crippen molar-refractivity contribution >= 4 is 23.2 Å². The second-order valence-electron chi connectivity index (χ2n) is 5.84. The molecular weight excluding hydrogens is 325 g/mol. The first kappa shape index (κ1) is 14.3. The molecule has 1 N–H and O–H groups in total. The van der Waals surface area contributed by atoms with Crippen LogP contribution in [0.5, 0.6) is 5.75 Å². The van der Waals surface area contributed by atoms with Crippen molar-refractivity contribution in [3.63, 3.8) is 0 Å². The lowest BCUT2D eigenvalue weighted by Gasteiger charge is -2.15. The lowest BCUT2D eigenvalue weighted by Crippen LogP contribution is -2.10. The first-order valence-electron chi connectivity index (χ1n) is 7.31. The van der Waals surface area contributed by atoms with Crippen molar-refractivity contribution in [2.75, 3.05) is 13.2 Å². The third-order valence-electron chi connectivity index (χ3n) is 4.50. The summed E-state index contributed by atoms with van der Waals surface area (Å²) in [5, 5.41) is 19.7. The van der Waals surface area contributed by atoms with Crippen LogP contribution in [0.25, 0.3) is 0 Å². The van der Waals surface area contributed by atoms with E-state index < -0.39 is 0 Å². The summed E-state index contributed by atoms with van der Waals surface area (Å²) in [4.78, 5) is 0. The van der Waals surface area contributed by atoms with E-state index in [4.69, 9.17) is 27.9 Å². The fourth-order valence-corrected chi connectivity index (χ4v) is 3.86. The van der Waals surface area contributed by atoms with Gasteiger partial charge in [0.05, 0.1) is 16.7 Å². The molecule has 1 saturated heterocycles. The third kappa shape index (κ3) is 2.19. The quantitative estimate of drug-likeness (QED) is 0.912. The Morgan fingerprint density at radius 2 is 2.09 bits per heavy atom. The Balaban J connectivity index is 1.67. The zero-order chi connectivity index (χ0) is 15.3. The molecule has 1 fully saturated rings. The van der Waals surface area contributed by atoms with E-state index in [0.29, 0.717) is 41.1 Å². The summed E-state index contributed by atoms with van der Waals surface area (Å²) in [6.07, 6.45) is 1.68. The van der Waals surface area contributed by atoms with Crippen LogP contribution in [0.3, 0.4) is 0 Å². The van der Waals surface area contributed by atoms with Crippen LogP contribution in [0, 0.1) is 0 Å². The minimum absolute atomic E-state index is 0.0674. The molecule has 0 spiro atoms. The smallest absolute Gasteiger partial charge is 0.138 e. The van der Waals surface area contributed by atoms with Crippen LogP contribution in [0.4, 0.5) is 0 Å². The van der Waals surface area contributed by atoms with Crippen molar-refractivity contribution in [1.82, 2.24) is 14.8 Å². The normalized spacial score (nSPS) is 23.9. The standard InChI is InChI=1S/C15H15Cl2N3O2/c16-10-1-2-11(21)13(14(10)17)9-5-12-18-19-15(20(12)6-9)8-3-4-22-7-8/h1-2,8-9,21H,3-7H2/t8-,9+/m0/s1. The van der Waals surface area contributed by atoms with Crippen LogP contribution in [-0.4, -0.2) is 33.1 Å². The second kappa shape index (κ2) is 5.41. The Bertz CT molecular complexity index is 726. The summed E-state index contributed by atoms with van der Waals surface area (Å²) in [7, 11) is 0. The highest BCUT2D eigenvalue weighted by Gasteiger charge is 2.33. The van der Waals surface area contributed by atoms with Gasteiger partial charge >= 0.3 is 0 Å². The summed E-state index contributed by atoms with van der Waals surface area (Å²) < 4.78 is 7.59. The predicted octanol–water partition coefficient (Wildman–Crippen LogP) is 3.13. The number of benzene rings is 1. The summed E-state index contributed by atoms with van der Waals surface area (Å²) >= 11 is 12.4. The highest BCUT2D eigenvalue weighted by atomic mass is 35.5. The molecule has 2 aliphatic rings. The molecule has 5 nitrogen and oxygen atoms in total. The SMILES string of the molecule is Oc1ccc(Cl)c(Cl)c1[C@@H]1Cc2nnc([C@H]3CCOC3)n2C1. The third-order valence-corrected chi connectivity index (χ3v) is 5.32. The summed E-state index contributed by atoms with van der Waals surface area (Å²) in [6.45, 7) is 2.19. The van der Waals surface area contributed by atoms with Gasteiger partial charge in [-0.2, -0.15) is 0 Å². The van der Waals surface area contributed by atoms with Gasteiger partial charge in [-0.05, 0) is 18.6 Å². The Kier molecular flexibility index (Phi) is 3.51. The first-order valence-corrected chi connectivity index (χ1v) is 8.07. The van der Waals surface area contributed by atoms with E-state index in [-0.39, 0.29) is 11.7 Å². The van der Waals surface area contributed by atoms with Crippen LogP contribution in [-0.2, 0) is 17.7 Å². The number of rotatable bonds is 2. The van der Waals surface area contributed by atoms with Gasteiger partial charge in [0.1, 0.15) is 17.4 Å². The van der Waals surface area contributed by atoms with Crippen molar-refractivity contribution in [1.29, 1.82) is 0 Å². The molecule has 0 radical (unpaired) electrons. The van der Waals surface area contributed by atoms with Crippen LogP contribution < -0.4 is 0 Å². The number of phenols is 1. The molecule has 2 atom stereocenters. The van der Waals surface area contributed by atoms with Crippen molar-refractivity contribution < 1.29 is 9.84 Å². The highest BCUT2D eigenvalue weighted by molar-refractivity contribution is 6.42. The number of fused-ring (bicyclic) bond motifs is 1. The van der Waals surface area contributed by atoms with Crippen LogP contribution in [0.1, 0.15) is 35.5 Å². The van der Waals surface area contributed by atoms with E-state index >= 15 is 0 Å². The second-order valence-corrected chi connectivity index (χ2v) is 6.63. The molecule has 0 saturated carbocycles. The van der Waals surface area contributed by atoms with Crippen molar-refractivity contribution in [3.8, 4) is 5.75 Å². The molecule has 22 heavy (non-hydrogen) atoms. The molecule has 0 unspecified atom stereocenters. The maximum Gasteiger partial charge on any atom is 0.138 e. The van der Waals surface area contributed by atoms with E-state index in [1.165, 1.54) is 0 Å². The van der Waals surface area contributed by atoms with Crippen molar-refractivity contribution in [2.24, 2.45) is 0 Å². The zero-order valence-corrected chi connectivity index (χ0v) is 13.3. The molecule has 7 heteroatoms. The average Bonchev–Trinajstić information content (AvgIpc) is 3.18. The van der Waals surface area contributed by atoms with E-state index in [9.17, 15) is 5.11 Å². The number of aromatic nitrogens is 3. The molecule has 2 aromatic rings. The Morgan fingerprint density at radius 1 is 1.23 bits per heavy atom. The van der Waals surface area contributed by atoms with Gasteiger partial charge in [0.15, 0.2) is 0 Å². The van der Waals surface area contributed by atoms with Gasteiger partial charge in [-0.25, -0.2) is 0 Å². The lowest BCUT2D eigenvalue weighted by molar-refractivity contribution is 0.192. The Hall–Kier alpha value is -1.30. The molecule has 0 aliphatic carbocycles. The predicted molar refractivity (Wildman–Crippen MR) is 82.8 cm³/mol. The fraction of sp³-hybridized carbons (Fsp3) is 0.467. The largest absolute Gasteiger partial charge is 0.508 e. The molecular formula is C15H15Cl2N3O2. The minimum atomic E-state index is 0.0674. The van der Waals surface area contributed by atoms with Gasteiger partial charge in [0.25, 0.3) is 0 Å². The molecule has 0 bridgehead atoms. The van der Waals surface area contributed by atoms with Gasteiger partial charge in [0.2, 0.25) is 0 Å². The number of hydrogen-bond acceptors (Lipinski definition) is 4. The number of ether oxygens (including phenoxy) is 1. The zero-order valence-electron chi connectivity index (χ0n) is 11.8. The molecule has 0 amide bonds. The number of halogens is 2. The fourth-order valence-electron chi connectivity index (χ4n) is 3.38. The summed E-state index contributed by atoms with van der Waals surface area (Å²) in [5.74, 6) is 2.47. The summed E-state index contributed by atoms with van der Waals surface area (Å²) in [5.41, 5.74) is 0.702. The molecule has 4 rings (SSSR count). The van der Waals surface area contributed by atoms with E-state index in [2.05, 4.69) is 14.8 Å². The minimum Gasteiger partial charge on any atom is -0.508 e. The summed E-state index contributed by atoms with van der Waals surface area (Å²) in [6, 6.07) is 3.20. The van der Waals surface area contributed by atoms with Gasteiger partial charge < -0.3 is 14.4 Å². The van der Waals surface area contributed by atoms with Gasteiger partial charge in [-0.15, -0.1) is 10.2 Å². The highest BCUT2D eigenvalue weighted by Crippen LogP contribution is 2.42. The van der Waals surface area contributed by atoms with E-state index in [1.807, 2.05) is 0 Å². The van der Waals surface area contributed by atoms with Crippen molar-refractivity contribution in [2.45, 2.75) is 31.2 Å². The molecule has 116 valence electrons. The van der Waals surface area contributed by atoms with Gasteiger partial charge in [-0.1, -0.05) is 23.2 Å². The number of nitrogens with zero attached hydrogens (tertiary/aromatic N) is 3. The number of phenolic OH excluding ortho intramolecular Hbond substituents is 1. The Morgan fingerprint density at radius 3 is 2.86 bits per heavy atom. The van der Waals surface area contributed by atoms with E-state index in [1.54, 1.807) is 12.1 Å². The molecule has 3 heterocycles. The average molecular weight is 340 g/mol. The maximum absolute atomic E-state index is 10.2. The van der Waals surface area contributed by atoms with Gasteiger partial charge in [-0.3, -0.25) is 0 Å². The van der Waals surface area contributed by atoms with Crippen LogP contribution >= 0.6 is 23.2 Å². The Labute approximate surface area is 137 Å². The molecule has 2 aliphatic heterocycles. The van der Waals surface area contributed by atoms with Crippen molar-refractivity contribution in [3.05, 3.63) is 39.4 Å².